The van der Waals surface area contributed by atoms with Crippen LogP contribution in [-0.2, 0) is 14.3 Å². The second kappa shape index (κ2) is 7.61. The van der Waals surface area contributed by atoms with Crippen LogP contribution in [0.1, 0.15) is 78.4 Å². The Morgan fingerprint density at radius 3 is 2.72 bits per heavy atom. The lowest BCUT2D eigenvalue weighted by Crippen LogP contribution is -2.56. The SMILES string of the molecule is CC(C)CCO[C@H]1C=C2C(=O)O[C@@H](c3ccoc3)C[C@@H]2[C@@]2(C)CCCC(C)(C)[C@H]12. The summed E-state index contributed by atoms with van der Waals surface area (Å²) in [5, 5.41) is 0. The molecule has 1 saturated carbocycles. The van der Waals surface area contributed by atoms with Crippen molar-refractivity contribution >= 4 is 5.97 Å². The molecule has 0 amide bonds. The molecule has 5 atom stereocenters. The van der Waals surface area contributed by atoms with E-state index in [1.54, 1.807) is 12.5 Å². The van der Waals surface area contributed by atoms with Gasteiger partial charge in [0, 0.05) is 23.7 Å². The van der Waals surface area contributed by atoms with Gasteiger partial charge in [0.25, 0.3) is 0 Å². The molecule has 0 bridgehead atoms. The first-order valence-corrected chi connectivity index (χ1v) is 11.3. The van der Waals surface area contributed by atoms with Gasteiger partial charge in [-0.1, -0.05) is 41.0 Å². The van der Waals surface area contributed by atoms with Crippen molar-refractivity contribution in [3.8, 4) is 0 Å². The normalized spacial score (nSPS) is 36.2. The van der Waals surface area contributed by atoms with Crippen LogP contribution >= 0.6 is 0 Å². The molecule has 1 saturated heterocycles. The van der Waals surface area contributed by atoms with Crippen LogP contribution in [0.25, 0.3) is 0 Å². The van der Waals surface area contributed by atoms with Crippen LogP contribution in [0.2, 0.25) is 0 Å². The van der Waals surface area contributed by atoms with Gasteiger partial charge < -0.3 is 13.9 Å². The average Bonchev–Trinajstić information content (AvgIpc) is 3.16. The lowest BCUT2D eigenvalue weighted by molar-refractivity contribution is -0.165. The van der Waals surface area contributed by atoms with Gasteiger partial charge in [0.05, 0.1) is 18.6 Å². The summed E-state index contributed by atoms with van der Waals surface area (Å²) in [5.41, 5.74) is 2.03. The standard InChI is InChI=1S/C25H36O4/c1-16(2)7-12-28-21-13-18-19(25(5)10-6-9-24(3,4)22(21)25)14-20(29-23(18)26)17-8-11-27-15-17/h8,11,13,15-16,19-22H,6-7,9-10,12,14H2,1-5H3/t19-,20+,21-,22-,25+/m0/s1. The molecular weight excluding hydrogens is 364 g/mol. The lowest BCUT2D eigenvalue weighted by atomic mass is 9.47. The summed E-state index contributed by atoms with van der Waals surface area (Å²) in [5.74, 6) is 1.05. The second-order valence-electron chi connectivity index (χ2n) is 10.7. The monoisotopic (exact) mass is 400 g/mol. The van der Waals surface area contributed by atoms with Crippen LogP contribution in [0.5, 0.6) is 0 Å². The van der Waals surface area contributed by atoms with E-state index >= 15 is 0 Å². The highest BCUT2D eigenvalue weighted by atomic mass is 16.5. The van der Waals surface area contributed by atoms with E-state index < -0.39 is 0 Å². The highest BCUT2D eigenvalue weighted by Gasteiger charge is 2.59. The fourth-order valence-electron chi connectivity index (χ4n) is 6.40. The second-order valence-corrected chi connectivity index (χ2v) is 10.7. The van der Waals surface area contributed by atoms with Gasteiger partial charge in [0.1, 0.15) is 6.10 Å². The molecule has 0 unspecified atom stereocenters. The predicted molar refractivity (Wildman–Crippen MR) is 112 cm³/mol. The van der Waals surface area contributed by atoms with Crippen molar-refractivity contribution in [1.82, 2.24) is 0 Å². The number of carbonyl (C=O) groups excluding carboxylic acids is 1. The quantitative estimate of drug-likeness (QED) is 0.561. The summed E-state index contributed by atoms with van der Waals surface area (Å²) in [6, 6.07) is 1.91. The Labute approximate surface area is 175 Å². The minimum absolute atomic E-state index is 0.0154. The third-order valence-corrected chi connectivity index (χ3v) is 7.79. The van der Waals surface area contributed by atoms with Gasteiger partial charge in [-0.2, -0.15) is 0 Å². The van der Waals surface area contributed by atoms with Crippen molar-refractivity contribution in [3.63, 3.8) is 0 Å². The molecule has 0 aromatic carbocycles. The zero-order valence-electron chi connectivity index (χ0n) is 18.6. The Kier molecular flexibility index (Phi) is 5.43. The molecule has 4 heteroatoms. The third-order valence-electron chi connectivity index (χ3n) is 7.79. The van der Waals surface area contributed by atoms with Gasteiger partial charge in [-0.3, -0.25) is 0 Å². The first-order chi connectivity index (χ1) is 13.7. The third kappa shape index (κ3) is 3.69. The lowest BCUT2D eigenvalue weighted by Gasteiger charge is -2.60. The summed E-state index contributed by atoms with van der Waals surface area (Å²) < 4.78 is 17.6. The van der Waals surface area contributed by atoms with E-state index in [0.29, 0.717) is 11.8 Å². The van der Waals surface area contributed by atoms with Gasteiger partial charge in [0.2, 0.25) is 0 Å². The Hall–Kier alpha value is -1.55. The van der Waals surface area contributed by atoms with Crippen LogP contribution in [0.15, 0.2) is 34.7 Å². The van der Waals surface area contributed by atoms with Gasteiger partial charge in [-0.05, 0) is 60.5 Å². The van der Waals surface area contributed by atoms with Crippen LogP contribution < -0.4 is 0 Å². The van der Waals surface area contributed by atoms with Crippen LogP contribution in [0.3, 0.4) is 0 Å². The van der Waals surface area contributed by atoms with Crippen LogP contribution in [-0.4, -0.2) is 18.7 Å². The van der Waals surface area contributed by atoms with E-state index in [9.17, 15) is 4.79 Å². The van der Waals surface area contributed by atoms with Crippen LogP contribution in [0, 0.1) is 28.6 Å². The maximum Gasteiger partial charge on any atom is 0.334 e. The highest BCUT2D eigenvalue weighted by molar-refractivity contribution is 5.90. The molecular formula is C25H36O4. The van der Waals surface area contributed by atoms with E-state index in [4.69, 9.17) is 13.9 Å². The molecule has 1 aromatic heterocycles. The first kappa shape index (κ1) is 20.7. The van der Waals surface area contributed by atoms with Gasteiger partial charge in [-0.25, -0.2) is 4.79 Å². The number of furan rings is 1. The number of ether oxygens (including phenoxy) is 2. The van der Waals surface area contributed by atoms with Gasteiger partial charge >= 0.3 is 5.97 Å². The molecule has 4 nitrogen and oxygen atoms in total. The molecule has 0 radical (unpaired) electrons. The highest BCUT2D eigenvalue weighted by Crippen LogP contribution is 2.62. The molecule has 2 aliphatic carbocycles. The summed E-state index contributed by atoms with van der Waals surface area (Å²) in [6.45, 7) is 12.4. The van der Waals surface area contributed by atoms with Crippen LogP contribution in [0.4, 0.5) is 0 Å². The summed E-state index contributed by atoms with van der Waals surface area (Å²) in [6.07, 6.45) is 10.7. The number of hydrogen-bond acceptors (Lipinski definition) is 4. The molecule has 1 aromatic rings. The molecule has 3 aliphatic rings. The average molecular weight is 401 g/mol. The van der Waals surface area contributed by atoms with Crippen molar-refractivity contribution in [3.05, 3.63) is 35.8 Å². The minimum atomic E-state index is -0.218. The smallest absolute Gasteiger partial charge is 0.334 e. The summed E-state index contributed by atoms with van der Waals surface area (Å²) in [4.78, 5) is 13.1. The fourth-order valence-corrected chi connectivity index (χ4v) is 6.40. The molecule has 0 spiro atoms. The largest absolute Gasteiger partial charge is 0.472 e. The minimum Gasteiger partial charge on any atom is -0.472 e. The molecule has 160 valence electrons. The molecule has 29 heavy (non-hydrogen) atoms. The fraction of sp³-hybridized carbons (Fsp3) is 0.720. The van der Waals surface area contributed by atoms with Crippen molar-refractivity contribution in [2.45, 2.75) is 78.9 Å². The zero-order valence-corrected chi connectivity index (χ0v) is 18.6. The summed E-state index contributed by atoms with van der Waals surface area (Å²) in [7, 11) is 0. The number of carbonyl (C=O) groups is 1. The van der Waals surface area contributed by atoms with E-state index in [-0.39, 0.29) is 34.9 Å². The number of cyclic esters (lactones) is 1. The molecule has 4 rings (SSSR count). The first-order valence-electron chi connectivity index (χ1n) is 11.3. The maximum absolute atomic E-state index is 13.1. The Morgan fingerprint density at radius 1 is 1.24 bits per heavy atom. The number of esters is 1. The molecule has 2 fully saturated rings. The number of hydrogen-bond donors (Lipinski definition) is 0. The van der Waals surface area contributed by atoms with Crippen molar-refractivity contribution in [2.24, 2.45) is 28.6 Å². The number of fused-ring (bicyclic) bond motifs is 3. The Bertz CT molecular complexity index is 760. The predicted octanol–water partition coefficient (Wildman–Crippen LogP) is 6.09. The van der Waals surface area contributed by atoms with E-state index in [2.05, 4.69) is 40.7 Å². The topological polar surface area (TPSA) is 48.7 Å². The van der Waals surface area contributed by atoms with Gasteiger partial charge in [-0.15, -0.1) is 0 Å². The van der Waals surface area contributed by atoms with Gasteiger partial charge in [0.15, 0.2) is 0 Å². The van der Waals surface area contributed by atoms with E-state index in [1.807, 2.05) is 6.07 Å². The van der Waals surface area contributed by atoms with Crippen molar-refractivity contribution in [1.29, 1.82) is 0 Å². The van der Waals surface area contributed by atoms with E-state index in [0.717, 1.165) is 37.0 Å². The van der Waals surface area contributed by atoms with Crippen molar-refractivity contribution in [2.75, 3.05) is 6.61 Å². The number of rotatable bonds is 5. The Morgan fingerprint density at radius 2 is 2.03 bits per heavy atom. The van der Waals surface area contributed by atoms with Crippen molar-refractivity contribution < 1.29 is 18.7 Å². The molecule has 2 heterocycles. The van der Waals surface area contributed by atoms with E-state index in [1.165, 1.54) is 12.8 Å². The Balaban J connectivity index is 1.69. The molecule has 1 aliphatic heterocycles. The summed E-state index contributed by atoms with van der Waals surface area (Å²) >= 11 is 0. The molecule has 0 N–H and O–H groups in total. The zero-order chi connectivity index (χ0) is 20.8. The maximum atomic E-state index is 13.1.